The van der Waals surface area contributed by atoms with Crippen LogP contribution in [-0.2, 0) is 11.3 Å². The molecular weight excluding hydrogens is 266 g/mol. The zero-order valence-corrected chi connectivity index (χ0v) is 11.8. The van der Waals surface area contributed by atoms with Gasteiger partial charge < -0.3 is 14.8 Å². The summed E-state index contributed by atoms with van der Waals surface area (Å²) in [6.45, 7) is 2.85. The van der Waals surface area contributed by atoms with Gasteiger partial charge in [0.2, 0.25) is 0 Å². The summed E-state index contributed by atoms with van der Waals surface area (Å²) in [7, 11) is 1.76. The maximum atomic E-state index is 12.5. The van der Waals surface area contributed by atoms with E-state index in [-0.39, 0.29) is 5.75 Å². The molecule has 20 heavy (non-hydrogen) atoms. The Morgan fingerprint density at radius 1 is 1.35 bits per heavy atom. The van der Waals surface area contributed by atoms with Crippen LogP contribution >= 0.6 is 0 Å². The van der Waals surface area contributed by atoms with E-state index >= 15 is 0 Å². The number of rotatable bonds is 5. The summed E-state index contributed by atoms with van der Waals surface area (Å²) in [4.78, 5) is 2.25. The molecule has 1 aliphatic rings. The van der Waals surface area contributed by atoms with Gasteiger partial charge in [0, 0.05) is 38.4 Å². The minimum absolute atomic E-state index is 0.232. The molecule has 2 rings (SSSR count). The molecule has 6 heteroatoms. The molecule has 0 unspecified atom stereocenters. The van der Waals surface area contributed by atoms with Crippen LogP contribution in [0.5, 0.6) is 5.75 Å². The fourth-order valence-electron chi connectivity index (χ4n) is 2.27. The Morgan fingerprint density at radius 3 is 2.65 bits per heavy atom. The molecule has 0 spiro atoms. The summed E-state index contributed by atoms with van der Waals surface area (Å²) in [6.07, 6.45) is 0. The van der Waals surface area contributed by atoms with Gasteiger partial charge in [0.1, 0.15) is 5.75 Å². The molecule has 1 aromatic rings. The summed E-state index contributed by atoms with van der Waals surface area (Å²) in [6, 6.07) is 3.58. The van der Waals surface area contributed by atoms with E-state index in [2.05, 4.69) is 15.0 Å². The van der Waals surface area contributed by atoms with E-state index in [0.717, 1.165) is 29.9 Å². The van der Waals surface area contributed by atoms with Crippen LogP contribution in [0, 0.1) is 6.92 Å². The van der Waals surface area contributed by atoms with Crippen molar-refractivity contribution >= 4 is 5.69 Å². The van der Waals surface area contributed by atoms with Crippen LogP contribution in [-0.4, -0.2) is 44.9 Å². The molecule has 0 aromatic heterocycles. The predicted octanol–water partition coefficient (Wildman–Crippen LogP) is 2.47. The first kappa shape index (κ1) is 15.0. The Bertz CT molecular complexity index is 449. The van der Waals surface area contributed by atoms with E-state index in [4.69, 9.17) is 4.74 Å². The average Bonchev–Trinajstić information content (AvgIpc) is 2.43. The number of anilines is 1. The number of ether oxygens (including phenoxy) is 2. The van der Waals surface area contributed by atoms with E-state index in [0.29, 0.717) is 19.8 Å². The van der Waals surface area contributed by atoms with Crippen molar-refractivity contribution < 1.29 is 18.3 Å². The second-order valence-electron chi connectivity index (χ2n) is 4.78. The highest BCUT2D eigenvalue weighted by Gasteiger charge is 2.16. The first-order valence-corrected chi connectivity index (χ1v) is 6.66. The van der Waals surface area contributed by atoms with Gasteiger partial charge in [-0.25, -0.2) is 0 Å². The molecule has 1 fully saturated rings. The number of halogens is 2. The van der Waals surface area contributed by atoms with E-state index < -0.39 is 6.61 Å². The van der Waals surface area contributed by atoms with Crippen LogP contribution in [0.15, 0.2) is 12.1 Å². The maximum Gasteiger partial charge on any atom is 0.387 e. The smallest absolute Gasteiger partial charge is 0.387 e. The number of benzene rings is 1. The molecule has 0 aliphatic carbocycles. The molecule has 1 heterocycles. The van der Waals surface area contributed by atoms with Gasteiger partial charge in [-0.3, -0.25) is 4.90 Å². The second-order valence-corrected chi connectivity index (χ2v) is 4.78. The van der Waals surface area contributed by atoms with Crippen LogP contribution in [0.1, 0.15) is 11.1 Å². The first-order valence-electron chi connectivity index (χ1n) is 6.66. The number of morpholine rings is 1. The van der Waals surface area contributed by atoms with Gasteiger partial charge in [-0.1, -0.05) is 0 Å². The highest BCUT2D eigenvalue weighted by Crippen LogP contribution is 2.29. The quantitative estimate of drug-likeness (QED) is 0.901. The molecule has 0 radical (unpaired) electrons. The van der Waals surface area contributed by atoms with Crippen LogP contribution in [0.4, 0.5) is 14.5 Å². The number of hydrogen-bond acceptors (Lipinski definition) is 4. The molecule has 1 N–H and O–H groups in total. The summed E-state index contributed by atoms with van der Waals surface area (Å²) in [5.74, 6) is 0.232. The van der Waals surface area contributed by atoms with E-state index in [1.54, 1.807) is 13.1 Å². The third kappa shape index (κ3) is 3.80. The van der Waals surface area contributed by atoms with Crippen molar-refractivity contribution in [1.82, 2.24) is 4.90 Å². The number of nitrogens with zero attached hydrogens (tertiary/aromatic N) is 1. The van der Waals surface area contributed by atoms with Crippen molar-refractivity contribution in [2.75, 3.05) is 38.7 Å². The average molecular weight is 286 g/mol. The van der Waals surface area contributed by atoms with Gasteiger partial charge in [0.25, 0.3) is 0 Å². The molecule has 1 aliphatic heterocycles. The standard InChI is InChI=1S/C14H20F2N2O2/c1-10-11(9-18-3-5-19-6-4-18)7-12(17-2)8-13(10)20-14(15)16/h7-8,14,17H,3-6,9H2,1-2H3. The summed E-state index contributed by atoms with van der Waals surface area (Å²) in [5, 5.41) is 2.98. The van der Waals surface area contributed by atoms with Crippen molar-refractivity contribution in [3.63, 3.8) is 0 Å². The lowest BCUT2D eigenvalue weighted by atomic mass is 10.1. The SMILES string of the molecule is CNc1cc(CN2CCOCC2)c(C)c(OC(F)F)c1. The Kier molecular flexibility index (Phi) is 5.14. The normalized spacial score (nSPS) is 16.4. The number of nitrogens with one attached hydrogen (secondary N) is 1. The Hall–Kier alpha value is -1.40. The lowest BCUT2D eigenvalue weighted by molar-refractivity contribution is -0.0503. The largest absolute Gasteiger partial charge is 0.434 e. The monoisotopic (exact) mass is 286 g/mol. The van der Waals surface area contributed by atoms with Crippen LogP contribution in [0.25, 0.3) is 0 Å². The van der Waals surface area contributed by atoms with Crippen molar-refractivity contribution in [3.05, 3.63) is 23.3 Å². The first-order chi connectivity index (χ1) is 9.60. The van der Waals surface area contributed by atoms with Crippen molar-refractivity contribution in [2.24, 2.45) is 0 Å². The van der Waals surface area contributed by atoms with Crippen LogP contribution in [0.3, 0.4) is 0 Å². The van der Waals surface area contributed by atoms with Gasteiger partial charge in [0.05, 0.1) is 13.2 Å². The molecule has 112 valence electrons. The van der Waals surface area contributed by atoms with E-state index in [1.165, 1.54) is 0 Å². The minimum Gasteiger partial charge on any atom is -0.434 e. The third-order valence-electron chi connectivity index (χ3n) is 3.47. The third-order valence-corrected chi connectivity index (χ3v) is 3.47. The Balaban J connectivity index is 2.21. The summed E-state index contributed by atoms with van der Waals surface area (Å²) < 4.78 is 34.8. The van der Waals surface area contributed by atoms with Gasteiger partial charge in [-0.15, -0.1) is 0 Å². The predicted molar refractivity (Wildman–Crippen MR) is 73.5 cm³/mol. The van der Waals surface area contributed by atoms with Gasteiger partial charge in [0.15, 0.2) is 0 Å². The fourth-order valence-corrected chi connectivity index (χ4v) is 2.27. The zero-order valence-electron chi connectivity index (χ0n) is 11.8. The van der Waals surface area contributed by atoms with Crippen molar-refractivity contribution in [3.8, 4) is 5.75 Å². The van der Waals surface area contributed by atoms with Crippen LogP contribution in [0.2, 0.25) is 0 Å². The molecule has 0 saturated carbocycles. The highest BCUT2D eigenvalue weighted by molar-refractivity contribution is 5.55. The molecule has 0 amide bonds. The summed E-state index contributed by atoms with van der Waals surface area (Å²) >= 11 is 0. The van der Waals surface area contributed by atoms with Crippen LogP contribution < -0.4 is 10.1 Å². The van der Waals surface area contributed by atoms with Gasteiger partial charge >= 0.3 is 6.61 Å². The topological polar surface area (TPSA) is 33.7 Å². The highest BCUT2D eigenvalue weighted by atomic mass is 19.3. The minimum atomic E-state index is -2.81. The van der Waals surface area contributed by atoms with E-state index in [1.807, 2.05) is 13.0 Å². The lowest BCUT2D eigenvalue weighted by Gasteiger charge is -2.27. The molecule has 0 bridgehead atoms. The van der Waals surface area contributed by atoms with Gasteiger partial charge in [-0.2, -0.15) is 8.78 Å². The second kappa shape index (κ2) is 6.85. The van der Waals surface area contributed by atoms with Gasteiger partial charge in [-0.05, 0) is 24.1 Å². The number of alkyl halides is 2. The molecule has 4 nitrogen and oxygen atoms in total. The molecular formula is C14H20F2N2O2. The summed E-state index contributed by atoms with van der Waals surface area (Å²) in [5.41, 5.74) is 2.53. The zero-order chi connectivity index (χ0) is 14.5. The van der Waals surface area contributed by atoms with Crippen molar-refractivity contribution in [1.29, 1.82) is 0 Å². The van der Waals surface area contributed by atoms with Crippen molar-refractivity contribution in [2.45, 2.75) is 20.1 Å². The Labute approximate surface area is 117 Å². The van der Waals surface area contributed by atoms with E-state index in [9.17, 15) is 8.78 Å². The fraction of sp³-hybridized carbons (Fsp3) is 0.571. The molecule has 0 atom stereocenters. The maximum absolute atomic E-state index is 12.5. The number of hydrogen-bond donors (Lipinski definition) is 1. The molecule has 1 saturated heterocycles. The molecule has 1 aromatic carbocycles. The Morgan fingerprint density at radius 2 is 2.05 bits per heavy atom. The lowest BCUT2D eigenvalue weighted by Crippen LogP contribution is -2.35.